The zero-order chi connectivity index (χ0) is 18.7. The van der Waals surface area contributed by atoms with Crippen molar-refractivity contribution >= 4 is 22.5 Å². The van der Waals surface area contributed by atoms with Crippen molar-refractivity contribution in [2.24, 2.45) is 0 Å². The monoisotopic (exact) mass is 360 g/mol. The smallest absolute Gasteiger partial charge is 0.388 e. The second-order valence-corrected chi connectivity index (χ2v) is 5.80. The van der Waals surface area contributed by atoms with Gasteiger partial charge in [0.1, 0.15) is 0 Å². The normalized spacial score (nSPS) is 12.8. The Morgan fingerprint density at radius 2 is 1.81 bits per heavy atom. The molecular weight excluding hydrogens is 345 g/mol. The summed E-state index contributed by atoms with van der Waals surface area (Å²) >= 11 is 0. The van der Waals surface area contributed by atoms with Crippen molar-refractivity contribution in [2.75, 3.05) is 5.32 Å². The maximum absolute atomic E-state index is 12.6. The molecular formula is C19H15F3N2O2. The number of nitrogens with zero attached hydrogens (tertiary/aromatic N) is 1. The first-order valence-corrected chi connectivity index (χ1v) is 7.83. The highest BCUT2D eigenvalue weighted by Crippen LogP contribution is 2.30. The van der Waals surface area contributed by atoms with Gasteiger partial charge in [0.05, 0.1) is 35.5 Å². The molecule has 3 aromatic rings. The minimum atomic E-state index is -4.44. The van der Waals surface area contributed by atoms with Crippen LogP contribution in [0.2, 0.25) is 0 Å². The first-order chi connectivity index (χ1) is 12.3. The van der Waals surface area contributed by atoms with Crippen LogP contribution in [-0.2, 0) is 11.0 Å². The van der Waals surface area contributed by atoms with E-state index in [1.165, 1.54) is 18.3 Å². The van der Waals surface area contributed by atoms with Crippen LogP contribution in [0, 0.1) is 0 Å². The van der Waals surface area contributed by atoms with Gasteiger partial charge in [0, 0.05) is 5.39 Å². The van der Waals surface area contributed by atoms with Crippen LogP contribution in [0.4, 0.5) is 18.9 Å². The average molecular weight is 360 g/mol. The van der Waals surface area contributed by atoms with E-state index in [9.17, 15) is 23.1 Å². The Labute approximate surface area is 147 Å². The summed E-state index contributed by atoms with van der Waals surface area (Å²) in [6.07, 6.45) is -4.42. The molecule has 0 radical (unpaired) electrons. The summed E-state index contributed by atoms with van der Waals surface area (Å²) in [5, 5.41) is 13.6. The number of rotatable bonds is 4. The van der Waals surface area contributed by atoms with Crippen molar-refractivity contribution in [1.29, 1.82) is 0 Å². The van der Waals surface area contributed by atoms with Crippen LogP contribution in [-0.4, -0.2) is 16.0 Å². The number of aliphatic hydroxyl groups excluding tert-OH is 1. The molecule has 0 aliphatic heterocycles. The maximum atomic E-state index is 12.6. The highest BCUT2D eigenvalue weighted by Gasteiger charge is 2.30. The predicted molar refractivity (Wildman–Crippen MR) is 91.4 cm³/mol. The van der Waals surface area contributed by atoms with Crippen molar-refractivity contribution in [3.63, 3.8) is 0 Å². The number of nitrogens with one attached hydrogen (secondary N) is 1. The summed E-state index contributed by atoms with van der Waals surface area (Å²) in [5.41, 5.74) is 0.702. The van der Waals surface area contributed by atoms with Gasteiger partial charge in [0.2, 0.25) is 5.91 Å². The summed E-state index contributed by atoms with van der Waals surface area (Å²) in [4.78, 5) is 16.3. The number of carbonyl (C=O) groups is 1. The van der Waals surface area contributed by atoms with Gasteiger partial charge in [-0.15, -0.1) is 0 Å². The highest BCUT2D eigenvalue weighted by molar-refractivity contribution is 5.93. The number of benzene rings is 2. The number of aromatic nitrogens is 1. The molecule has 0 bridgehead atoms. The van der Waals surface area contributed by atoms with Gasteiger partial charge in [-0.05, 0) is 29.8 Å². The van der Waals surface area contributed by atoms with Crippen LogP contribution in [0.15, 0.2) is 60.8 Å². The molecule has 1 amide bonds. The fourth-order valence-electron chi connectivity index (χ4n) is 2.54. The number of hydrogen-bond donors (Lipinski definition) is 2. The molecule has 26 heavy (non-hydrogen) atoms. The summed E-state index contributed by atoms with van der Waals surface area (Å²) in [6, 6.07) is 13.2. The molecule has 2 aromatic carbocycles. The predicted octanol–water partition coefficient (Wildman–Crippen LogP) is 4.32. The van der Waals surface area contributed by atoms with Gasteiger partial charge in [-0.3, -0.25) is 9.78 Å². The van der Waals surface area contributed by atoms with Gasteiger partial charge in [-0.25, -0.2) is 0 Å². The number of para-hydroxylation sites is 1. The third kappa shape index (κ3) is 4.18. The van der Waals surface area contributed by atoms with Gasteiger partial charge in [0.15, 0.2) is 0 Å². The molecule has 2 N–H and O–H groups in total. The van der Waals surface area contributed by atoms with Gasteiger partial charge in [-0.2, -0.15) is 13.2 Å². The number of alkyl halides is 3. The van der Waals surface area contributed by atoms with E-state index in [0.29, 0.717) is 5.69 Å². The lowest BCUT2D eigenvalue weighted by molar-refractivity contribution is -0.137. The van der Waals surface area contributed by atoms with E-state index in [0.717, 1.165) is 23.0 Å². The van der Waals surface area contributed by atoms with Crippen molar-refractivity contribution < 1.29 is 23.1 Å². The van der Waals surface area contributed by atoms with E-state index in [-0.39, 0.29) is 12.0 Å². The van der Waals surface area contributed by atoms with Gasteiger partial charge in [0.25, 0.3) is 0 Å². The first-order valence-electron chi connectivity index (χ1n) is 7.83. The van der Waals surface area contributed by atoms with Crippen molar-refractivity contribution in [1.82, 2.24) is 4.98 Å². The number of pyridine rings is 1. The van der Waals surface area contributed by atoms with Gasteiger partial charge < -0.3 is 10.4 Å². The summed E-state index contributed by atoms with van der Waals surface area (Å²) in [6.45, 7) is 0. The number of aliphatic hydroxyl groups is 1. The van der Waals surface area contributed by atoms with E-state index in [4.69, 9.17) is 0 Å². The number of carbonyl (C=O) groups excluding carboxylic acids is 1. The number of fused-ring (bicyclic) bond motifs is 1. The van der Waals surface area contributed by atoms with Crippen molar-refractivity contribution in [2.45, 2.75) is 18.7 Å². The van der Waals surface area contributed by atoms with Crippen molar-refractivity contribution in [3.8, 4) is 0 Å². The molecule has 0 saturated carbocycles. The average Bonchev–Trinajstić information content (AvgIpc) is 2.61. The summed E-state index contributed by atoms with van der Waals surface area (Å²) < 4.78 is 37.7. The topological polar surface area (TPSA) is 62.2 Å². The molecule has 0 aliphatic carbocycles. The Morgan fingerprint density at radius 1 is 1.12 bits per heavy atom. The zero-order valence-corrected chi connectivity index (χ0v) is 13.5. The Balaban J connectivity index is 1.65. The number of anilines is 1. The molecule has 4 nitrogen and oxygen atoms in total. The fourth-order valence-corrected chi connectivity index (χ4v) is 2.54. The van der Waals surface area contributed by atoms with Gasteiger partial charge >= 0.3 is 6.18 Å². The minimum Gasteiger partial charge on any atom is -0.388 e. The van der Waals surface area contributed by atoms with Gasteiger partial charge in [-0.1, -0.05) is 30.3 Å². The molecule has 134 valence electrons. The Morgan fingerprint density at radius 3 is 2.50 bits per heavy atom. The lowest BCUT2D eigenvalue weighted by Gasteiger charge is -2.13. The summed E-state index contributed by atoms with van der Waals surface area (Å²) in [5.74, 6) is -0.463. The van der Waals surface area contributed by atoms with E-state index in [2.05, 4.69) is 10.3 Å². The van der Waals surface area contributed by atoms with E-state index in [1.807, 2.05) is 24.3 Å². The molecule has 7 heteroatoms. The number of amides is 1. The standard InChI is InChI=1S/C19H15F3N2O2/c20-19(21,22)14-7-5-12(6-8-14)17(25)10-18(26)24-15-9-13-3-1-2-4-16(13)23-11-15/h1-9,11,17,25H,10H2,(H,24,26). The molecule has 1 heterocycles. The Bertz CT molecular complexity index is 924. The van der Waals surface area contributed by atoms with Crippen LogP contribution < -0.4 is 5.32 Å². The van der Waals surface area contributed by atoms with Crippen LogP contribution in [0.5, 0.6) is 0 Å². The molecule has 1 aromatic heterocycles. The molecule has 0 spiro atoms. The highest BCUT2D eigenvalue weighted by atomic mass is 19.4. The van der Waals surface area contributed by atoms with E-state index < -0.39 is 23.8 Å². The number of hydrogen-bond acceptors (Lipinski definition) is 3. The molecule has 1 unspecified atom stereocenters. The minimum absolute atomic E-state index is 0.241. The second kappa shape index (κ2) is 7.13. The lowest BCUT2D eigenvalue weighted by Crippen LogP contribution is -2.16. The largest absolute Gasteiger partial charge is 0.416 e. The van der Waals surface area contributed by atoms with E-state index in [1.54, 1.807) is 6.07 Å². The Kier molecular flexibility index (Phi) is 4.90. The third-order valence-electron chi connectivity index (χ3n) is 3.88. The fraction of sp³-hybridized carbons (Fsp3) is 0.158. The van der Waals surface area contributed by atoms with E-state index >= 15 is 0 Å². The van der Waals surface area contributed by atoms with Crippen LogP contribution in [0.3, 0.4) is 0 Å². The molecule has 0 fully saturated rings. The maximum Gasteiger partial charge on any atom is 0.416 e. The lowest BCUT2D eigenvalue weighted by atomic mass is 10.0. The van der Waals surface area contributed by atoms with Crippen LogP contribution >= 0.6 is 0 Å². The molecule has 0 saturated heterocycles. The third-order valence-corrected chi connectivity index (χ3v) is 3.88. The van der Waals surface area contributed by atoms with Crippen LogP contribution in [0.25, 0.3) is 10.9 Å². The molecule has 1 atom stereocenters. The molecule has 3 rings (SSSR count). The quantitative estimate of drug-likeness (QED) is 0.729. The van der Waals surface area contributed by atoms with Crippen molar-refractivity contribution in [3.05, 3.63) is 71.9 Å². The SMILES string of the molecule is O=C(CC(O)c1ccc(C(F)(F)F)cc1)Nc1cnc2ccccc2c1. The molecule has 0 aliphatic rings. The summed E-state index contributed by atoms with van der Waals surface area (Å²) in [7, 11) is 0. The first kappa shape index (κ1) is 17.9. The van der Waals surface area contributed by atoms with Crippen LogP contribution in [0.1, 0.15) is 23.7 Å². The zero-order valence-electron chi connectivity index (χ0n) is 13.5. The Hall–Kier alpha value is -2.93. The number of halogens is 3. The second-order valence-electron chi connectivity index (χ2n) is 5.80.